The first-order valence-corrected chi connectivity index (χ1v) is 5.51. The standard InChI is InChI=1S/C11H11ClN2O3/c12-7-1-3-8(4-2-7)14-11(16)17-9-5-10(15)13-6-9/h1-4,9H,5-6H2,(H,13,15)(H,14,16). The van der Waals surface area contributed by atoms with Crippen LogP contribution in [0.3, 0.4) is 0 Å². The van der Waals surface area contributed by atoms with Gasteiger partial charge in [0.2, 0.25) is 5.91 Å². The number of anilines is 1. The molecule has 1 saturated heterocycles. The Kier molecular flexibility index (Phi) is 3.49. The average Bonchev–Trinajstić information content (AvgIpc) is 2.67. The third-order valence-corrected chi connectivity index (χ3v) is 2.56. The quantitative estimate of drug-likeness (QED) is 0.845. The van der Waals surface area contributed by atoms with Crippen molar-refractivity contribution in [1.82, 2.24) is 5.32 Å². The van der Waals surface area contributed by atoms with E-state index >= 15 is 0 Å². The van der Waals surface area contributed by atoms with Gasteiger partial charge in [-0.25, -0.2) is 4.79 Å². The number of rotatable bonds is 2. The van der Waals surface area contributed by atoms with Gasteiger partial charge in [-0.2, -0.15) is 0 Å². The highest BCUT2D eigenvalue weighted by Crippen LogP contribution is 2.14. The van der Waals surface area contributed by atoms with E-state index in [1.54, 1.807) is 24.3 Å². The highest BCUT2D eigenvalue weighted by atomic mass is 35.5. The lowest BCUT2D eigenvalue weighted by Crippen LogP contribution is -2.24. The molecule has 0 bridgehead atoms. The van der Waals surface area contributed by atoms with E-state index in [1.807, 2.05) is 0 Å². The summed E-state index contributed by atoms with van der Waals surface area (Å²) >= 11 is 5.71. The van der Waals surface area contributed by atoms with Crippen LogP contribution in [0.15, 0.2) is 24.3 Å². The SMILES string of the molecule is O=C1CC(OC(=O)Nc2ccc(Cl)cc2)CN1. The monoisotopic (exact) mass is 254 g/mol. The van der Waals surface area contributed by atoms with Crippen molar-refractivity contribution in [1.29, 1.82) is 0 Å². The van der Waals surface area contributed by atoms with Crippen molar-refractivity contribution in [2.75, 3.05) is 11.9 Å². The van der Waals surface area contributed by atoms with E-state index in [2.05, 4.69) is 10.6 Å². The third kappa shape index (κ3) is 3.35. The molecule has 2 rings (SSSR count). The number of carbonyl (C=O) groups is 2. The molecule has 1 fully saturated rings. The summed E-state index contributed by atoms with van der Waals surface area (Å²) in [5, 5.41) is 5.73. The topological polar surface area (TPSA) is 67.4 Å². The van der Waals surface area contributed by atoms with Gasteiger partial charge in [0.1, 0.15) is 6.10 Å². The van der Waals surface area contributed by atoms with Crippen LogP contribution in [-0.4, -0.2) is 24.6 Å². The Balaban J connectivity index is 1.85. The van der Waals surface area contributed by atoms with Gasteiger partial charge >= 0.3 is 6.09 Å². The zero-order valence-corrected chi connectivity index (χ0v) is 9.66. The molecule has 1 aliphatic heterocycles. The summed E-state index contributed by atoms with van der Waals surface area (Å²) < 4.78 is 5.05. The van der Waals surface area contributed by atoms with Gasteiger partial charge in [0.15, 0.2) is 0 Å². The Labute approximate surface area is 103 Å². The van der Waals surface area contributed by atoms with Crippen LogP contribution in [0.5, 0.6) is 0 Å². The maximum absolute atomic E-state index is 11.5. The van der Waals surface area contributed by atoms with Crippen molar-refractivity contribution < 1.29 is 14.3 Å². The summed E-state index contributed by atoms with van der Waals surface area (Å²) in [6, 6.07) is 6.67. The van der Waals surface area contributed by atoms with Gasteiger partial charge in [-0.1, -0.05) is 11.6 Å². The van der Waals surface area contributed by atoms with E-state index in [4.69, 9.17) is 16.3 Å². The first-order chi connectivity index (χ1) is 8.13. The van der Waals surface area contributed by atoms with E-state index in [0.717, 1.165) is 0 Å². The summed E-state index contributed by atoms with van der Waals surface area (Å²) in [7, 11) is 0. The molecule has 90 valence electrons. The number of hydrogen-bond donors (Lipinski definition) is 2. The Hall–Kier alpha value is -1.75. The predicted molar refractivity (Wildman–Crippen MR) is 63.0 cm³/mol. The zero-order chi connectivity index (χ0) is 12.3. The van der Waals surface area contributed by atoms with Crippen LogP contribution in [0.4, 0.5) is 10.5 Å². The lowest BCUT2D eigenvalue weighted by molar-refractivity contribution is -0.119. The van der Waals surface area contributed by atoms with Crippen LogP contribution in [0, 0.1) is 0 Å². The van der Waals surface area contributed by atoms with Gasteiger partial charge in [0.05, 0.1) is 13.0 Å². The third-order valence-electron chi connectivity index (χ3n) is 2.30. The summed E-state index contributed by atoms with van der Waals surface area (Å²) in [4.78, 5) is 22.3. The molecule has 0 radical (unpaired) electrons. The molecule has 1 aromatic rings. The second kappa shape index (κ2) is 5.05. The van der Waals surface area contributed by atoms with Crippen LogP contribution in [-0.2, 0) is 9.53 Å². The maximum atomic E-state index is 11.5. The molecule has 1 aliphatic rings. The highest BCUT2D eigenvalue weighted by molar-refractivity contribution is 6.30. The molecule has 0 saturated carbocycles. The molecule has 1 aromatic carbocycles. The highest BCUT2D eigenvalue weighted by Gasteiger charge is 2.24. The molecule has 1 atom stereocenters. The Bertz CT molecular complexity index is 433. The van der Waals surface area contributed by atoms with E-state index < -0.39 is 12.2 Å². The molecule has 0 aromatic heterocycles. The Morgan fingerprint density at radius 3 is 2.71 bits per heavy atom. The second-order valence-corrected chi connectivity index (χ2v) is 4.10. The molecule has 0 spiro atoms. The van der Waals surface area contributed by atoms with Gasteiger partial charge in [-0.15, -0.1) is 0 Å². The Morgan fingerprint density at radius 2 is 2.12 bits per heavy atom. The molecule has 0 aliphatic carbocycles. The number of hydrogen-bond acceptors (Lipinski definition) is 3. The summed E-state index contributed by atoms with van der Waals surface area (Å²) in [5.74, 6) is -0.103. The lowest BCUT2D eigenvalue weighted by Gasteiger charge is -2.10. The minimum atomic E-state index is -0.575. The van der Waals surface area contributed by atoms with Crippen molar-refractivity contribution in [3.05, 3.63) is 29.3 Å². The summed E-state index contributed by atoms with van der Waals surface area (Å²) in [6.07, 6.45) is -0.753. The fraction of sp³-hybridized carbons (Fsp3) is 0.273. The molecule has 6 heteroatoms. The van der Waals surface area contributed by atoms with Gasteiger partial charge in [-0.05, 0) is 24.3 Å². The van der Waals surface area contributed by atoms with Crippen molar-refractivity contribution in [3.8, 4) is 0 Å². The number of carbonyl (C=O) groups excluding carboxylic acids is 2. The number of nitrogens with one attached hydrogen (secondary N) is 2. The second-order valence-electron chi connectivity index (χ2n) is 3.67. The van der Waals surface area contributed by atoms with E-state index in [1.165, 1.54) is 0 Å². The van der Waals surface area contributed by atoms with Gasteiger partial charge < -0.3 is 10.1 Å². The lowest BCUT2D eigenvalue weighted by atomic mass is 10.3. The molecule has 2 N–H and O–H groups in total. The van der Waals surface area contributed by atoms with E-state index in [0.29, 0.717) is 17.3 Å². The zero-order valence-electron chi connectivity index (χ0n) is 8.90. The maximum Gasteiger partial charge on any atom is 0.411 e. The van der Waals surface area contributed by atoms with Crippen LogP contribution >= 0.6 is 11.6 Å². The number of halogens is 1. The minimum Gasteiger partial charge on any atom is -0.444 e. The minimum absolute atomic E-state index is 0.103. The van der Waals surface area contributed by atoms with Crippen molar-refractivity contribution >= 4 is 29.3 Å². The first-order valence-electron chi connectivity index (χ1n) is 5.13. The van der Waals surface area contributed by atoms with Crippen molar-refractivity contribution in [2.24, 2.45) is 0 Å². The molecule has 1 heterocycles. The number of benzene rings is 1. The van der Waals surface area contributed by atoms with Crippen LogP contribution in [0.2, 0.25) is 5.02 Å². The van der Waals surface area contributed by atoms with Crippen LogP contribution in [0.25, 0.3) is 0 Å². The fourth-order valence-corrected chi connectivity index (χ4v) is 1.62. The van der Waals surface area contributed by atoms with Gasteiger partial charge in [-0.3, -0.25) is 10.1 Å². The number of amides is 2. The molecular weight excluding hydrogens is 244 g/mol. The molecule has 2 amide bonds. The molecule has 1 unspecified atom stereocenters. The average molecular weight is 255 g/mol. The van der Waals surface area contributed by atoms with Gasteiger partial charge in [0, 0.05) is 10.7 Å². The van der Waals surface area contributed by atoms with Crippen molar-refractivity contribution in [3.63, 3.8) is 0 Å². The normalized spacial score (nSPS) is 18.6. The smallest absolute Gasteiger partial charge is 0.411 e. The van der Waals surface area contributed by atoms with Crippen LogP contribution < -0.4 is 10.6 Å². The summed E-state index contributed by atoms with van der Waals surface area (Å²) in [6.45, 7) is 0.368. The fourth-order valence-electron chi connectivity index (χ4n) is 1.49. The molecule has 5 nitrogen and oxygen atoms in total. The summed E-state index contributed by atoms with van der Waals surface area (Å²) in [5.41, 5.74) is 0.594. The largest absolute Gasteiger partial charge is 0.444 e. The predicted octanol–water partition coefficient (Wildman–Crippen LogP) is 1.78. The number of ether oxygens (including phenoxy) is 1. The van der Waals surface area contributed by atoms with Crippen LogP contribution in [0.1, 0.15) is 6.42 Å². The molecule has 17 heavy (non-hydrogen) atoms. The van der Waals surface area contributed by atoms with E-state index in [-0.39, 0.29) is 12.3 Å². The van der Waals surface area contributed by atoms with Gasteiger partial charge in [0.25, 0.3) is 0 Å². The Morgan fingerprint density at radius 1 is 1.41 bits per heavy atom. The van der Waals surface area contributed by atoms with E-state index in [9.17, 15) is 9.59 Å². The van der Waals surface area contributed by atoms with Crippen molar-refractivity contribution in [2.45, 2.75) is 12.5 Å². The molecular formula is C11H11ClN2O3. The first kappa shape index (κ1) is 11.7.